The Bertz CT molecular complexity index is 191. The van der Waals surface area contributed by atoms with Gasteiger partial charge in [-0.1, -0.05) is 19.8 Å². The van der Waals surface area contributed by atoms with E-state index in [-0.39, 0.29) is 5.60 Å². The van der Waals surface area contributed by atoms with Crippen molar-refractivity contribution in [1.29, 1.82) is 0 Å². The molecule has 1 aliphatic carbocycles. The number of nitrogens with zero attached hydrogens (tertiary/aromatic N) is 1. The molecular weight excluding hydrogens is 186 g/mol. The number of hydrogen-bond acceptors (Lipinski definition) is 2. The van der Waals surface area contributed by atoms with Gasteiger partial charge in [0.05, 0.1) is 5.60 Å². The van der Waals surface area contributed by atoms with Crippen molar-refractivity contribution in [3.05, 3.63) is 0 Å². The Hall–Kier alpha value is -0.0800. The predicted octanol–water partition coefficient (Wildman–Crippen LogP) is 2.41. The Morgan fingerprint density at radius 2 is 1.80 bits per heavy atom. The second-order valence-corrected chi connectivity index (χ2v) is 5.51. The number of piperidine rings is 1. The van der Waals surface area contributed by atoms with Crippen LogP contribution in [0.15, 0.2) is 0 Å². The van der Waals surface area contributed by atoms with E-state index >= 15 is 0 Å². The molecule has 2 nitrogen and oxygen atoms in total. The summed E-state index contributed by atoms with van der Waals surface area (Å²) in [5.74, 6) is 0.788. The lowest BCUT2D eigenvalue weighted by Gasteiger charge is -2.35. The van der Waals surface area contributed by atoms with E-state index in [4.69, 9.17) is 0 Å². The maximum atomic E-state index is 10.4. The van der Waals surface area contributed by atoms with Gasteiger partial charge in [-0.05, 0) is 57.7 Å². The fourth-order valence-electron chi connectivity index (χ4n) is 3.28. The third-order valence-corrected chi connectivity index (χ3v) is 4.36. The molecule has 0 aromatic heterocycles. The molecule has 0 bridgehead atoms. The summed E-state index contributed by atoms with van der Waals surface area (Å²) in [5.41, 5.74) is -0.279. The van der Waals surface area contributed by atoms with E-state index in [9.17, 15) is 5.11 Å². The molecule has 1 saturated carbocycles. The monoisotopic (exact) mass is 211 g/mol. The van der Waals surface area contributed by atoms with Gasteiger partial charge in [0.15, 0.2) is 0 Å². The summed E-state index contributed by atoms with van der Waals surface area (Å²) in [6.45, 7) is 5.93. The molecule has 1 saturated heterocycles. The van der Waals surface area contributed by atoms with Crippen LogP contribution < -0.4 is 0 Å². The Morgan fingerprint density at radius 1 is 1.20 bits per heavy atom. The van der Waals surface area contributed by atoms with Gasteiger partial charge in [0.2, 0.25) is 0 Å². The summed E-state index contributed by atoms with van der Waals surface area (Å²) in [6, 6.07) is 0. The minimum atomic E-state index is -0.279. The zero-order valence-electron chi connectivity index (χ0n) is 10.0. The van der Waals surface area contributed by atoms with Crippen LogP contribution in [0.2, 0.25) is 0 Å². The van der Waals surface area contributed by atoms with Crippen LogP contribution in [0, 0.1) is 5.92 Å². The van der Waals surface area contributed by atoms with Crippen molar-refractivity contribution in [2.24, 2.45) is 5.92 Å². The van der Waals surface area contributed by atoms with E-state index in [0.29, 0.717) is 0 Å². The Balaban J connectivity index is 1.76. The highest BCUT2D eigenvalue weighted by molar-refractivity contribution is 4.87. The van der Waals surface area contributed by atoms with Gasteiger partial charge in [-0.2, -0.15) is 0 Å². The number of aliphatic hydroxyl groups is 1. The van der Waals surface area contributed by atoms with Crippen molar-refractivity contribution in [3.63, 3.8) is 0 Å². The highest BCUT2D eigenvalue weighted by Gasteiger charge is 2.34. The fraction of sp³-hybridized carbons (Fsp3) is 1.00. The second kappa shape index (κ2) is 4.84. The van der Waals surface area contributed by atoms with Crippen LogP contribution in [-0.4, -0.2) is 35.2 Å². The molecule has 0 unspecified atom stereocenters. The normalized spacial score (nSPS) is 28.4. The Labute approximate surface area is 93.7 Å². The molecule has 15 heavy (non-hydrogen) atoms. The van der Waals surface area contributed by atoms with E-state index in [2.05, 4.69) is 11.8 Å². The third kappa shape index (κ3) is 2.94. The SMILES string of the molecule is CCN1CCC(CC2(O)CCCC2)CC1. The Kier molecular flexibility index (Phi) is 3.68. The van der Waals surface area contributed by atoms with E-state index in [1.54, 1.807) is 0 Å². The van der Waals surface area contributed by atoms with Crippen LogP contribution in [-0.2, 0) is 0 Å². The van der Waals surface area contributed by atoms with E-state index in [1.807, 2.05) is 0 Å². The lowest BCUT2D eigenvalue weighted by molar-refractivity contribution is 0.0112. The van der Waals surface area contributed by atoms with Crippen LogP contribution in [0.25, 0.3) is 0 Å². The molecule has 0 aromatic carbocycles. The zero-order valence-corrected chi connectivity index (χ0v) is 10.0. The molecule has 0 atom stereocenters. The largest absolute Gasteiger partial charge is 0.390 e. The fourth-order valence-corrected chi connectivity index (χ4v) is 3.28. The molecule has 2 rings (SSSR count). The van der Waals surface area contributed by atoms with Crippen molar-refractivity contribution < 1.29 is 5.11 Å². The highest BCUT2D eigenvalue weighted by atomic mass is 16.3. The lowest BCUT2D eigenvalue weighted by atomic mass is 9.83. The molecule has 0 aromatic rings. The molecule has 0 spiro atoms. The standard InChI is InChI=1S/C13H25NO/c1-2-14-9-5-12(6-10-14)11-13(15)7-3-4-8-13/h12,15H,2-11H2,1H3. The summed E-state index contributed by atoms with van der Waals surface area (Å²) in [7, 11) is 0. The minimum absolute atomic E-state index is 0.279. The zero-order chi connectivity index (χ0) is 10.7. The minimum Gasteiger partial charge on any atom is -0.390 e. The first-order valence-corrected chi connectivity index (χ1v) is 6.66. The van der Waals surface area contributed by atoms with Gasteiger partial charge in [-0.15, -0.1) is 0 Å². The number of rotatable bonds is 3. The highest BCUT2D eigenvalue weighted by Crippen LogP contribution is 2.37. The topological polar surface area (TPSA) is 23.5 Å². The first kappa shape index (κ1) is 11.4. The first-order valence-electron chi connectivity index (χ1n) is 6.66. The molecule has 2 fully saturated rings. The molecule has 88 valence electrons. The molecule has 2 heteroatoms. The average Bonchev–Trinajstić information content (AvgIpc) is 2.66. The van der Waals surface area contributed by atoms with Gasteiger partial charge in [0, 0.05) is 0 Å². The summed E-state index contributed by atoms with van der Waals surface area (Å²) in [5, 5.41) is 10.4. The molecule has 0 radical (unpaired) electrons. The van der Waals surface area contributed by atoms with Crippen molar-refractivity contribution in [2.45, 2.75) is 57.5 Å². The van der Waals surface area contributed by atoms with Crippen LogP contribution in [0.3, 0.4) is 0 Å². The molecule has 1 N–H and O–H groups in total. The van der Waals surface area contributed by atoms with Crippen LogP contribution >= 0.6 is 0 Å². The van der Waals surface area contributed by atoms with Crippen LogP contribution in [0.5, 0.6) is 0 Å². The van der Waals surface area contributed by atoms with Crippen molar-refractivity contribution in [1.82, 2.24) is 4.90 Å². The summed E-state index contributed by atoms with van der Waals surface area (Å²) in [4.78, 5) is 2.52. The molecule has 2 aliphatic rings. The van der Waals surface area contributed by atoms with Gasteiger partial charge < -0.3 is 10.0 Å². The molecular formula is C13H25NO. The maximum Gasteiger partial charge on any atom is 0.0650 e. The van der Waals surface area contributed by atoms with Gasteiger partial charge >= 0.3 is 0 Å². The Morgan fingerprint density at radius 3 is 2.33 bits per heavy atom. The summed E-state index contributed by atoms with van der Waals surface area (Å²) >= 11 is 0. The molecule has 1 heterocycles. The average molecular weight is 211 g/mol. The smallest absolute Gasteiger partial charge is 0.0650 e. The summed E-state index contributed by atoms with van der Waals surface area (Å²) in [6.07, 6.45) is 8.27. The number of likely N-dealkylation sites (tertiary alicyclic amines) is 1. The van der Waals surface area contributed by atoms with E-state index in [0.717, 1.165) is 25.2 Å². The molecule has 1 aliphatic heterocycles. The van der Waals surface area contributed by atoms with E-state index < -0.39 is 0 Å². The van der Waals surface area contributed by atoms with Crippen molar-refractivity contribution in [2.75, 3.05) is 19.6 Å². The van der Waals surface area contributed by atoms with Gasteiger partial charge in [0.1, 0.15) is 0 Å². The number of hydrogen-bond donors (Lipinski definition) is 1. The van der Waals surface area contributed by atoms with Gasteiger partial charge in [-0.25, -0.2) is 0 Å². The van der Waals surface area contributed by atoms with Crippen LogP contribution in [0.4, 0.5) is 0 Å². The van der Waals surface area contributed by atoms with Crippen molar-refractivity contribution in [3.8, 4) is 0 Å². The first-order chi connectivity index (χ1) is 7.22. The lowest BCUT2D eigenvalue weighted by Crippen LogP contribution is -2.37. The van der Waals surface area contributed by atoms with E-state index in [1.165, 1.54) is 45.3 Å². The maximum absolute atomic E-state index is 10.4. The second-order valence-electron chi connectivity index (χ2n) is 5.51. The quantitative estimate of drug-likeness (QED) is 0.775. The predicted molar refractivity (Wildman–Crippen MR) is 62.9 cm³/mol. The van der Waals surface area contributed by atoms with Crippen molar-refractivity contribution >= 4 is 0 Å². The summed E-state index contributed by atoms with van der Waals surface area (Å²) < 4.78 is 0. The van der Waals surface area contributed by atoms with Crippen LogP contribution in [0.1, 0.15) is 51.9 Å². The van der Waals surface area contributed by atoms with Gasteiger partial charge in [-0.3, -0.25) is 0 Å². The third-order valence-electron chi connectivity index (χ3n) is 4.36. The van der Waals surface area contributed by atoms with Gasteiger partial charge in [0.25, 0.3) is 0 Å². The molecule has 0 amide bonds.